The fourth-order valence-electron chi connectivity index (χ4n) is 4.91. The number of aliphatic hydroxyl groups excluding tert-OH is 10. The van der Waals surface area contributed by atoms with Gasteiger partial charge in [0.2, 0.25) is 6.29 Å². The summed E-state index contributed by atoms with van der Waals surface area (Å²) in [6.07, 6.45) is -21.1. The number of hydrogen-bond acceptors (Lipinski definition) is 18. The van der Waals surface area contributed by atoms with Crippen LogP contribution in [0.3, 0.4) is 0 Å². The van der Waals surface area contributed by atoms with Crippen LogP contribution >= 0.6 is 11.8 Å². The van der Waals surface area contributed by atoms with Crippen molar-refractivity contribution in [2.75, 3.05) is 19.8 Å². The van der Waals surface area contributed by atoms with Crippen molar-refractivity contribution in [1.29, 1.82) is 0 Å². The van der Waals surface area contributed by atoms with Gasteiger partial charge in [-0.3, -0.25) is 10.1 Å². The molecular weight excluding hydrogens is 606 g/mol. The fourth-order valence-corrected chi connectivity index (χ4v) is 6.37. The van der Waals surface area contributed by atoms with Crippen molar-refractivity contribution in [2.45, 2.75) is 90.4 Å². The topological polar surface area (TPSA) is 292 Å². The molecule has 0 bridgehead atoms. The lowest BCUT2D eigenvalue weighted by molar-refractivity contribution is -0.384. The molecule has 10 N–H and O–H groups in total. The zero-order valence-corrected chi connectivity index (χ0v) is 23.1. The summed E-state index contributed by atoms with van der Waals surface area (Å²) in [6, 6.07) is 4.73. The Hall–Kier alpha value is -1.79. The lowest BCUT2D eigenvalue weighted by Gasteiger charge is -2.48. The molecule has 0 amide bonds. The monoisotopic (exact) mass is 641 g/mol. The third kappa shape index (κ3) is 7.21. The Morgan fingerprint density at radius 1 is 0.698 bits per heavy atom. The number of rotatable bonds is 10. The van der Waals surface area contributed by atoms with E-state index in [1.54, 1.807) is 0 Å². The van der Waals surface area contributed by atoms with E-state index in [9.17, 15) is 61.2 Å². The van der Waals surface area contributed by atoms with Crippen molar-refractivity contribution >= 4 is 17.4 Å². The highest BCUT2D eigenvalue weighted by Crippen LogP contribution is 2.39. The molecule has 0 aliphatic carbocycles. The maximum atomic E-state index is 11.1. The van der Waals surface area contributed by atoms with E-state index >= 15 is 0 Å². The van der Waals surface area contributed by atoms with Crippen LogP contribution in [0.4, 0.5) is 5.69 Å². The minimum Gasteiger partial charge on any atom is -0.462 e. The summed E-state index contributed by atoms with van der Waals surface area (Å²) >= 11 is 0.600. The number of nitro benzene ring substituents is 1. The summed E-state index contributed by atoms with van der Waals surface area (Å²) < 4.78 is 27.7. The molecule has 3 fully saturated rings. The lowest BCUT2D eigenvalue weighted by Crippen LogP contribution is -2.65. The Labute approximate surface area is 247 Å². The van der Waals surface area contributed by atoms with Crippen LogP contribution in [0.25, 0.3) is 0 Å². The maximum absolute atomic E-state index is 11.1. The number of ether oxygens (including phenoxy) is 5. The van der Waals surface area contributed by atoms with Crippen LogP contribution in [-0.4, -0.2) is 166 Å². The van der Waals surface area contributed by atoms with Gasteiger partial charge in [-0.25, -0.2) is 0 Å². The summed E-state index contributed by atoms with van der Waals surface area (Å²) in [7, 11) is 0. The molecule has 19 heteroatoms. The standard InChI is InChI=1S/C24H35NO17S/c26-5-10-13(29)16(32)17(33)24(41-10)43-21-15(31)12(7-28)40-23(19(21)35)42-20-14(30)11(6-27)39-22(18(20)34)38-9-3-1-8(2-4-9)25(36)37/h1-4,10-24,26-35H,5-7H2/t10-,11+,12+,13-,14+,15+,16+,17-,18+,19+,20+,21-,22+,23-,24+/m1/s1. The third-order valence-corrected chi connectivity index (χ3v) is 8.90. The van der Waals surface area contributed by atoms with Crippen LogP contribution in [0.15, 0.2) is 24.3 Å². The molecular formula is C24H35NO17S. The SMILES string of the molecule is O=[N+]([O-])c1ccc(O[C@H]2O[C@@H](CO)[C@H](O)[C@H](O[C@H]3O[C@@H](CO)[C@H](O)[C@@H](S[C@@H]4O[C@H](CO)[C@@H](O)[C@H](O)[C@H]4O)[C@@H]3O)[C@@H]2O)cc1. The normalized spacial score (nSPS) is 43.7. The molecule has 1 aromatic rings. The van der Waals surface area contributed by atoms with Crippen molar-refractivity contribution in [3.63, 3.8) is 0 Å². The van der Waals surface area contributed by atoms with E-state index < -0.39 is 115 Å². The van der Waals surface area contributed by atoms with Gasteiger partial charge in [-0.2, -0.15) is 0 Å². The zero-order valence-electron chi connectivity index (χ0n) is 22.3. The molecule has 244 valence electrons. The largest absolute Gasteiger partial charge is 0.462 e. The molecule has 0 radical (unpaired) electrons. The first-order chi connectivity index (χ1) is 20.4. The summed E-state index contributed by atoms with van der Waals surface area (Å²) in [6.45, 7) is -2.28. The van der Waals surface area contributed by atoms with Crippen molar-refractivity contribution in [3.8, 4) is 5.75 Å². The van der Waals surface area contributed by atoms with E-state index in [4.69, 9.17) is 23.7 Å². The van der Waals surface area contributed by atoms with Gasteiger partial charge in [0.15, 0.2) is 6.29 Å². The first kappa shape index (κ1) is 34.1. The molecule has 3 saturated heterocycles. The molecule has 0 saturated carbocycles. The summed E-state index contributed by atoms with van der Waals surface area (Å²) in [5.41, 5.74) is -1.62. The van der Waals surface area contributed by atoms with Crippen molar-refractivity contribution < 1.29 is 79.7 Å². The molecule has 1 aromatic carbocycles. The van der Waals surface area contributed by atoms with Crippen LogP contribution in [0.2, 0.25) is 0 Å². The molecule has 4 rings (SSSR count). The van der Waals surface area contributed by atoms with Gasteiger partial charge in [0.25, 0.3) is 5.69 Å². The fraction of sp³-hybridized carbons (Fsp3) is 0.750. The minimum absolute atomic E-state index is 0.0230. The van der Waals surface area contributed by atoms with E-state index in [-0.39, 0.29) is 11.4 Å². The Bertz CT molecular complexity index is 1050. The first-order valence-corrected chi connectivity index (χ1v) is 14.1. The van der Waals surface area contributed by atoms with Gasteiger partial charge in [-0.05, 0) is 12.1 Å². The van der Waals surface area contributed by atoms with Gasteiger partial charge < -0.3 is 74.7 Å². The maximum Gasteiger partial charge on any atom is 0.269 e. The van der Waals surface area contributed by atoms with E-state index in [0.717, 1.165) is 12.1 Å². The summed E-state index contributed by atoms with van der Waals surface area (Å²) in [5.74, 6) is 0.0230. The van der Waals surface area contributed by atoms with Gasteiger partial charge in [-0.15, -0.1) is 11.8 Å². The minimum atomic E-state index is -1.81. The summed E-state index contributed by atoms with van der Waals surface area (Å²) in [4.78, 5) is 10.3. The molecule has 0 spiro atoms. The number of thioether (sulfide) groups is 1. The second-order valence-corrected chi connectivity index (χ2v) is 11.5. The van der Waals surface area contributed by atoms with E-state index in [2.05, 4.69) is 0 Å². The van der Waals surface area contributed by atoms with Crippen molar-refractivity contribution in [1.82, 2.24) is 0 Å². The zero-order chi connectivity index (χ0) is 31.6. The Kier molecular flexibility index (Phi) is 11.5. The highest BCUT2D eigenvalue weighted by atomic mass is 32.2. The third-order valence-electron chi connectivity index (χ3n) is 7.37. The van der Waals surface area contributed by atoms with Crippen LogP contribution in [0.1, 0.15) is 0 Å². The molecule has 15 atom stereocenters. The van der Waals surface area contributed by atoms with Crippen molar-refractivity contribution in [3.05, 3.63) is 34.4 Å². The number of aliphatic hydroxyl groups is 10. The van der Waals surface area contributed by atoms with Crippen LogP contribution in [0, 0.1) is 10.1 Å². The molecule has 3 aliphatic rings. The number of nitro groups is 1. The van der Waals surface area contributed by atoms with Gasteiger partial charge in [-0.1, -0.05) is 0 Å². The average Bonchev–Trinajstić information content (AvgIpc) is 2.99. The van der Waals surface area contributed by atoms with Gasteiger partial charge in [0.05, 0.1) is 36.1 Å². The van der Waals surface area contributed by atoms with Crippen molar-refractivity contribution in [2.24, 2.45) is 0 Å². The summed E-state index contributed by atoms with van der Waals surface area (Å²) in [5, 5.41) is 113. The lowest BCUT2D eigenvalue weighted by atomic mass is 9.98. The molecule has 3 heterocycles. The highest BCUT2D eigenvalue weighted by molar-refractivity contribution is 8.00. The molecule has 0 unspecified atom stereocenters. The van der Waals surface area contributed by atoms with E-state index in [0.29, 0.717) is 11.8 Å². The van der Waals surface area contributed by atoms with Crippen LogP contribution < -0.4 is 4.74 Å². The first-order valence-electron chi connectivity index (χ1n) is 13.2. The van der Waals surface area contributed by atoms with Crippen LogP contribution in [-0.2, 0) is 18.9 Å². The molecule has 0 aromatic heterocycles. The molecule has 3 aliphatic heterocycles. The predicted molar refractivity (Wildman–Crippen MR) is 139 cm³/mol. The molecule has 18 nitrogen and oxygen atoms in total. The van der Waals surface area contributed by atoms with Gasteiger partial charge >= 0.3 is 0 Å². The second-order valence-electron chi connectivity index (χ2n) is 10.2. The van der Waals surface area contributed by atoms with Gasteiger partial charge in [0.1, 0.15) is 72.2 Å². The number of hydrogen-bond donors (Lipinski definition) is 10. The van der Waals surface area contributed by atoms with Gasteiger partial charge in [0, 0.05) is 12.1 Å². The number of non-ortho nitro benzene ring substituents is 1. The van der Waals surface area contributed by atoms with E-state index in [1.165, 1.54) is 12.1 Å². The number of nitrogens with zero attached hydrogens (tertiary/aromatic N) is 1. The van der Waals surface area contributed by atoms with Crippen LogP contribution in [0.5, 0.6) is 5.75 Å². The Balaban J connectivity index is 1.52. The second kappa shape index (κ2) is 14.5. The van der Waals surface area contributed by atoms with E-state index in [1.807, 2.05) is 0 Å². The smallest absolute Gasteiger partial charge is 0.269 e. The molecule has 43 heavy (non-hydrogen) atoms. The Morgan fingerprint density at radius 3 is 1.84 bits per heavy atom. The highest BCUT2D eigenvalue weighted by Gasteiger charge is 2.53. The number of benzene rings is 1. The average molecular weight is 642 g/mol. The quantitative estimate of drug-likeness (QED) is 0.0846. The Morgan fingerprint density at radius 2 is 1.26 bits per heavy atom. The predicted octanol–water partition coefficient (Wildman–Crippen LogP) is -4.86.